The van der Waals surface area contributed by atoms with Gasteiger partial charge in [-0.25, -0.2) is 10.3 Å². The Morgan fingerprint density at radius 3 is 1.36 bits per heavy atom. The molecule has 0 aliphatic heterocycles. The molecular weight excluding hydrogens is 219 g/mol. The third kappa shape index (κ3) is 13.6. The summed E-state index contributed by atoms with van der Waals surface area (Å²) in [6.45, 7) is 1.79. The van der Waals surface area contributed by atoms with Crippen molar-refractivity contribution in [2.45, 2.75) is 6.92 Å². The van der Waals surface area contributed by atoms with Gasteiger partial charge in [-0.2, -0.15) is 0 Å². The molecule has 0 aromatic heterocycles. The third-order valence-electron chi connectivity index (χ3n) is 0.722. The second-order valence-corrected chi connectivity index (χ2v) is 2.57. The van der Waals surface area contributed by atoms with Gasteiger partial charge in [-0.3, -0.25) is 0 Å². The van der Waals surface area contributed by atoms with Gasteiger partial charge in [-0.15, -0.1) is 0 Å². The molecule has 0 atom stereocenters. The average Bonchev–Trinajstić information content (AvgIpc) is 2.43. The fraction of sp³-hybridized carbons (Fsp3) is 0.125. The first-order valence-electron chi connectivity index (χ1n) is 2.90. The smallest absolute Gasteiger partial charge is 0.789 e. The Hall–Kier alpha value is 0.686. The normalized spacial score (nSPS) is 16.3. The van der Waals surface area contributed by atoms with Gasteiger partial charge in [-0.1, -0.05) is 6.92 Å². The molecule has 1 saturated carbocycles. The van der Waals surface area contributed by atoms with Crippen molar-refractivity contribution in [2.24, 2.45) is 0 Å². The van der Waals surface area contributed by atoms with Crippen LogP contribution in [0, 0.1) is 32.1 Å². The molecule has 11 heavy (non-hydrogen) atoms. The van der Waals surface area contributed by atoms with Gasteiger partial charge in [0.15, 0.2) is 0 Å². The van der Waals surface area contributed by atoms with Crippen LogP contribution in [0.1, 0.15) is 6.92 Å². The number of hydrogen-bond donors (Lipinski definition) is 0. The maximum Gasteiger partial charge on any atom is 3.00 e. The van der Waals surface area contributed by atoms with E-state index >= 15 is 0 Å². The zero-order valence-electron chi connectivity index (χ0n) is 6.11. The molecule has 61 valence electrons. The molecule has 0 aromatic rings. The molecular formula is C8H9CoS2+. The molecule has 1 rings (SSSR count). The zero-order valence-corrected chi connectivity index (χ0v) is 8.79. The maximum atomic E-state index is 4.54. The minimum Gasteiger partial charge on any atom is -0.789 e. The van der Waals surface area contributed by atoms with Crippen molar-refractivity contribution in [1.82, 2.24) is 0 Å². The van der Waals surface area contributed by atoms with Crippen LogP contribution in [0.2, 0.25) is 0 Å². The van der Waals surface area contributed by atoms with Gasteiger partial charge >= 0.3 is 16.8 Å². The van der Waals surface area contributed by atoms with Gasteiger partial charge in [0.25, 0.3) is 0 Å². The molecule has 1 aliphatic rings. The number of hydrogen-bond acceptors (Lipinski definition) is 2. The maximum absolute atomic E-state index is 4.54. The first-order valence-corrected chi connectivity index (χ1v) is 3.77. The van der Waals surface area contributed by atoms with Crippen LogP contribution >= 0.6 is 0 Å². The Balaban J connectivity index is 0. The summed E-state index contributed by atoms with van der Waals surface area (Å²) in [6, 6.07) is 0. The van der Waals surface area contributed by atoms with E-state index in [4.69, 9.17) is 0 Å². The fourth-order valence-electron chi connectivity index (χ4n) is 0.321. The van der Waals surface area contributed by atoms with Crippen LogP contribution < -0.4 is 0 Å². The number of rotatable bonds is 0. The molecule has 0 saturated heterocycles. The Kier molecular flexibility index (Phi) is 13.8. The Labute approximate surface area is 91.2 Å². The summed E-state index contributed by atoms with van der Waals surface area (Å²) >= 11 is 8.95. The van der Waals surface area contributed by atoms with E-state index in [1.165, 1.54) is 5.41 Å². The summed E-state index contributed by atoms with van der Waals surface area (Å²) in [4.78, 5) is 0.778. The Bertz CT molecular complexity index is 86.7. The summed E-state index contributed by atoms with van der Waals surface area (Å²) in [5.74, 6) is 0. The van der Waals surface area contributed by atoms with Crippen LogP contribution in [0.4, 0.5) is 0 Å². The van der Waals surface area contributed by atoms with Crippen LogP contribution in [-0.4, -0.2) is 0 Å². The standard InChI is InChI=1S/C5H5.C3H6S2.Co/c1-2-4-5-3-1;1-3(5)2-4;/h1-5H;2,4-5H,1H3;/q;;+3/p-2/b;3-2-;. The quantitative estimate of drug-likeness (QED) is 0.581. The van der Waals surface area contributed by atoms with Crippen molar-refractivity contribution >= 4 is 25.3 Å². The van der Waals surface area contributed by atoms with Crippen LogP contribution in [0.15, 0.2) is 10.3 Å². The largest absolute Gasteiger partial charge is 3.00 e. The summed E-state index contributed by atoms with van der Waals surface area (Å²) in [5, 5.41) is 1.48. The van der Waals surface area contributed by atoms with Gasteiger partial charge in [0, 0.05) is 0 Å². The minimum atomic E-state index is 0. The van der Waals surface area contributed by atoms with E-state index in [1.807, 2.05) is 32.1 Å². The topological polar surface area (TPSA) is 0 Å². The molecule has 3 heteroatoms. The van der Waals surface area contributed by atoms with E-state index in [9.17, 15) is 0 Å². The molecule has 0 N–H and O–H groups in total. The van der Waals surface area contributed by atoms with E-state index in [0.717, 1.165) is 4.91 Å². The minimum absolute atomic E-state index is 0. The summed E-state index contributed by atoms with van der Waals surface area (Å²) in [6.07, 6.45) is 10.0. The zero-order chi connectivity index (χ0) is 7.82. The van der Waals surface area contributed by atoms with Crippen LogP contribution in [0.25, 0.3) is 0 Å². The van der Waals surface area contributed by atoms with E-state index in [-0.39, 0.29) is 16.8 Å². The van der Waals surface area contributed by atoms with Gasteiger partial charge < -0.3 is 25.3 Å². The first-order chi connectivity index (χ1) is 4.77. The van der Waals surface area contributed by atoms with Crippen molar-refractivity contribution in [1.29, 1.82) is 0 Å². The van der Waals surface area contributed by atoms with E-state index in [0.29, 0.717) is 0 Å². The van der Waals surface area contributed by atoms with Crippen molar-refractivity contribution in [3.8, 4) is 0 Å². The van der Waals surface area contributed by atoms with Crippen molar-refractivity contribution in [2.75, 3.05) is 0 Å². The third-order valence-corrected chi connectivity index (χ3v) is 1.34. The van der Waals surface area contributed by atoms with E-state index < -0.39 is 0 Å². The number of allylic oxidation sites excluding steroid dienone is 1. The predicted molar refractivity (Wildman–Crippen MR) is 50.0 cm³/mol. The molecule has 1 aliphatic carbocycles. The SMILES string of the molecule is C/C([S-])=C/[S-].[CH]1[CH][CH][CH][CH]1.[Co+3]. The molecule has 0 nitrogen and oxygen atoms in total. The molecule has 0 aromatic carbocycles. The summed E-state index contributed by atoms with van der Waals surface area (Å²) in [7, 11) is 0. The first kappa shape index (κ1) is 14.2. The van der Waals surface area contributed by atoms with E-state index in [2.05, 4.69) is 25.3 Å². The van der Waals surface area contributed by atoms with Crippen LogP contribution in [0.3, 0.4) is 0 Å². The predicted octanol–water partition coefficient (Wildman–Crippen LogP) is 1.96. The molecule has 0 bridgehead atoms. The Morgan fingerprint density at radius 1 is 1.09 bits per heavy atom. The fourth-order valence-corrected chi connectivity index (χ4v) is 0.321. The van der Waals surface area contributed by atoms with Crippen molar-refractivity contribution in [3.05, 3.63) is 42.4 Å². The van der Waals surface area contributed by atoms with Gasteiger partial charge in [-0.05, 0) is 32.1 Å². The van der Waals surface area contributed by atoms with Crippen molar-refractivity contribution < 1.29 is 16.8 Å². The van der Waals surface area contributed by atoms with E-state index in [1.54, 1.807) is 6.92 Å². The Morgan fingerprint density at radius 2 is 1.27 bits per heavy atom. The second kappa shape index (κ2) is 10.7. The summed E-state index contributed by atoms with van der Waals surface area (Å²) in [5.41, 5.74) is 0. The molecule has 0 amide bonds. The van der Waals surface area contributed by atoms with Crippen molar-refractivity contribution in [3.63, 3.8) is 0 Å². The average molecular weight is 228 g/mol. The molecule has 0 unspecified atom stereocenters. The summed E-state index contributed by atoms with van der Waals surface area (Å²) < 4.78 is 0. The van der Waals surface area contributed by atoms with Gasteiger partial charge in [0.1, 0.15) is 0 Å². The molecule has 0 spiro atoms. The second-order valence-electron chi connectivity index (χ2n) is 1.69. The monoisotopic (exact) mass is 228 g/mol. The molecule has 5 radical (unpaired) electrons. The van der Waals surface area contributed by atoms with Crippen LogP contribution in [0.5, 0.6) is 0 Å². The molecule has 0 heterocycles. The van der Waals surface area contributed by atoms with Gasteiger partial charge in [0.2, 0.25) is 0 Å². The van der Waals surface area contributed by atoms with Gasteiger partial charge in [0.05, 0.1) is 0 Å². The van der Waals surface area contributed by atoms with Crippen LogP contribution in [-0.2, 0) is 42.0 Å². The molecule has 1 fully saturated rings.